The summed E-state index contributed by atoms with van der Waals surface area (Å²) in [5.41, 5.74) is -1.59. The van der Waals surface area contributed by atoms with Crippen LogP contribution in [0.1, 0.15) is 46.2 Å². The van der Waals surface area contributed by atoms with E-state index in [1.165, 1.54) is 7.11 Å². The fourth-order valence-corrected chi connectivity index (χ4v) is 2.88. The standard InChI is InChI=1S/C22H26F2N2O7/c1-4-5-8-33-20-18(22(30)32-3)26(12-17(27)31-2)11-15(19(20)28)21(29)25-10-13-6-7-14(23)9-16(13)24/h6-7,9,11,17,27H,4-5,8,10,12H2,1-3H3,(H,25,29). The van der Waals surface area contributed by atoms with Crippen LogP contribution >= 0.6 is 0 Å². The normalized spacial score (nSPS) is 11.7. The summed E-state index contributed by atoms with van der Waals surface area (Å²) < 4.78 is 43.2. The molecule has 1 aromatic heterocycles. The maximum absolute atomic E-state index is 13.9. The first-order chi connectivity index (χ1) is 15.7. The van der Waals surface area contributed by atoms with Crippen LogP contribution in [0.3, 0.4) is 0 Å². The Morgan fingerprint density at radius 2 is 1.97 bits per heavy atom. The first-order valence-corrected chi connectivity index (χ1v) is 10.1. The van der Waals surface area contributed by atoms with Crippen LogP contribution in [0.2, 0.25) is 0 Å². The van der Waals surface area contributed by atoms with E-state index in [4.69, 9.17) is 14.2 Å². The predicted molar refractivity (Wildman–Crippen MR) is 113 cm³/mol. The Balaban J connectivity index is 2.49. The molecule has 0 radical (unpaired) electrons. The maximum atomic E-state index is 13.9. The van der Waals surface area contributed by atoms with Crippen LogP contribution < -0.4 is 15.5 Å². The molecule has 0 spiro atoms. The molecule has 180 valence electrons. The summed E-state index contributed by atoms with van der Waals surface area (Å²) >= 11 is 0. The largest absolute Gasteiger partial charge is 0.487 e. The summed E-state index contributed by atoms with van der Waals surface area (Å²) in [5, 5.41) is 12.3. The number of nitrogens with zero attached hydrogens (tertiary/aromatic N) is 1. The van der Waals surface area contributed by atoms with E-state index in [2.05, 4.69) is 5.32 Å². The molecule has 9 nitrogen and oxygen atoms in total. The number of unbranched alkanes of at least 4 members (excludes halogenated alkanes) is 1. The lowest BCUT2D eigenvalue weighted by Gasteiger charge is -2.19. The zero-order chi connectivity index (χ0) is 24.5. The minimum absolute atomic E-state index is 0.00507. The number of aliphatic hydroxyl groups is 1. The van der Waals surface area contributed by atoms with E-state index >= 15 is 0 Å². The lowest BCUT2D eigenvalue weighted by Crippen LogP contribution is -2.34. The van der Waals surface area contributed by atoms with Gasteiger partial charge in [0.25, 0.3) is 5.91 Å². The van der Waals surface area contributed by atoms with E-state index in [9.17, 15) is 28.3 Å². The minimum Gasteiger partial charge on any atom is -0.487 e. The van der Waals surface area contributed by atoms with Gasteiger partial charge in [-0.3, -0.25) is 9.59 Å². The van der Waals surface area contributed by atoms with Crippen LogP contribution in [0, 0.1) is 11.6 Å². The first-order valence-electron chi connectivity index (χ1n) is 10.1. The zero-order valence-corrected chi connectivity index (χ0v) is 18.5. The lowest BCUT2D eigenvalue weighted by molar-refractivity contribution is -0.0839. The Kier molecular flexibility index (Phi) is 9.49. The number of pyridine rings is 1. The molecule has 0 aliphatic heterocycles. The number of aromatic nitrogens is 1. The topological polar surface area (TPSA) is 116 Å². The molecule has 0 aliphatic rings. The molecule has 0 saturated heterocycles. The molecule has 33 heavy (non-hydrogen) atoms. The van der Waals surface area contributed by atoms with Gasteiger partial charge in [-0.2, -0.15) is 0 Å². The van der Waals surface area contributed by atoms with Crippen LogP contribution in [-0.4, -0.2) is 48.7 Å². The summed E-state index contributed by atoms with van der Waals surface area (Å²) in [6, 6.07) is 2.87. The number of carbonyl (C=O) groups excluding carboxylic acids is 2. The molecule has 11 heteroatoms. The molecule has 1 heterocycles. The molecule has 0 saturated carbocycles. The van der Waals surface area contributed by atoms with Gasteiger partial charge in [-0.05, 0) is 12.5 Å². The Morgan fingerprint density at radius 1 is 1.24 bits per heavy atom. The maximum Gasteiger partial charge on any atom is 0.358 e. The third kappa shape index (κ3) is 6.59. The number of aliphatic hydroxyl groups excluding tert-OH is 1. The van der Waals surface area contributed by atoms with E-state index in [-0.39, 0.29) is 31.0 Å². The summed E-state index contributed by atoms with van der Waals surface area (Å²) in [7, 11) is 2.34. The van der Waals surface area contributed by atoms with E-state index < -0.39 is 46.5 Å². The quantitative estimate of drug-likeness (QED) is 0.294. The Morgan fingerprint density at radius 3 is 2.58 bits per heavy atom. The third-order valence-corrected chi connectivity index (χ3v) is 4.69. The molecule has 2 rings (SSSR count). The zero-order valence-electron chi connectivity index (χ0n) is 18.5. The summed E-state index contributed by atoms with van der Waals surface area (Å²) in [6.45, 7) is 1.35. The number of benzene rings is 1. The minimum atomic E-state index is -1.37. The average Bonchev–Trinajstić information content (AvgIpc) is 2.79. The van der Waals surface area contributed by atoms with Crippen molar-refractivity contribution < 1.29 is 37.7 Å². The van der Waals surface area contributed by atoms with Crippen molar-refractivity contribution >= 4 is 11.9 Å². The van der Waals surface area contributed by atoms with Gasteiger partial charge in [-0.25, -0.2) is 13.6 Å². The second kappa shape index (κ2) is 12.1. The van der Waals surface area contributed by atoms with E-state index in [0.717, 1.165) is 36.4 Å². The fourth-order valence-electron chi connectivity index (χ4n) is 2.88. The van der Waals surface area contributed by atoms with Crippen LogP contribution in [0.5, 0.6) is 5.75 Å². The van der Waals surface area contributed by atoms with Crippen molar-refractivity contribution in [2.45, 2.75) is 39.1 Å². The SMILES string of the molecule is CCCCOc1c(C(=O)OC)n(CC(O)OC)cc(C(=O)NCc2ccc(F)cc2F)c1=O. The molecule has 1 aromatic carbocycles. The second-order valence-electron chi connectivity index (χ2n) is 7.00. The van der Waals surface area contributed by atoms with Gasteiger partial charge in [-0.1, -0.05) is 19.4 Å². The van der Waals surface area contributed by atoms with Crippen LogP contribution in [0.4, 0.5) is 8.78 Å². The highest BCUT2D eigenvalue weighted by Crippen LogP contribution is 2.19. The Hall–Kier alpha value is -3.31. The molecule has 1 unspecified atom stereocenters. The number of carbonyl (C=O) groups is 2. The number of hydrogen-bond donors (Lipinski definition) is 2. The van der Waals surface area contributed by atoms with Gasteiger partial charge in [0.05, 0.1) is 20.3 Å². The van der Waals surface area contributed by atoms with Gasteiger partial charge in [-0.15, -0.1) is 0 Å². The molecule has 2 N–H and O–H groups in total. The number of halogens is 2. The number of nitrogens with one attached hydrogen (secondary N) is 1. The number of hydrogen-bond acceptors (Lipinski definition) is 7. The molecule has 0 bridgehead atoms. The molecule has 0 fully saturated rings. The van der Waals surface area contributed by atoms with Crippen molar-refractivity contribution in [1.82, 2.24) is 9.88 Å². The van der Waals surface area contributed by atoms with Crippen molar-refractivity contribution in [2.24, 2.45) is 0 Å². The van der Waals surface area contributed by atoms with Gasteiger partial charge in [0.2, 0.25) is 5.43 Å². The molecule has 0 aliphatic carbocycles. The van der Waals surface area contributed by atoms with E-state index in [0.29, 0.717) is 12.5 Å². The van der Waals surface area contributed by atoms with Gasteiger partial charge >= 0.3 is 5.97 Å². The summed E-state index contributed by atoms with van der Waals surface area (Å²) in [5.74, 6) is -3.85. The highest BCUT2D eigenvalue weighted by Gasteiger charge is 2.27. The number of methoxy groups -OCH3 is 2. The van der Waals surface area contributed by atoms with Crippen LogP contribution in [0.15, 0.2) is 29.2 Å². The fraction of sp³-hybridized carbons (Fsp3) is 0.409. The van der Waals surface area contributed by atoms with Gasteiger partial charge < -0.3 is 29.2 Å². The molecular weight excluding hydrogens is 442 g/mol. The Labute approximate surface area is 188 Å². The van der Waals surface area contributed by atoms with E-state index in [1.54, 1.807) is 0 Å². The smallest absolute Gasteiger partial charge is 0.358 e. The van der Waals surface area contributed by atoms with Crippen LogP contribution in [-0.2, 0) is 22.6 Å². The van der Waals surface area contributed by atoms with Crippen molar-refractivity contribution in [1.29, 1.82) is 0 Å². The highest BCUT2D eigenvalue weighted by atomic mass is 19.1. The first kappa shape index (κ1) is 25.9. The van der Waals surface area contributed by atoms with Crippen molar-refractivity contribution in [3.8, 4) is 5.75 Å². The third-order valence-electron chi connectivity index (χ3n) is 4.69. The summed E-state index contributed by atoms with van der Waals surface area (Å²) in [6.07, 6.45) is 0.998. The Bertz CT molecular complexity index is 1060. The number of esters is 1. The van der Waals surface area contributed by atoms with E-state index in [1.807, 2.05) is 6.92 Å². The van der Waals surface area contributed by atoms with Gasteiger partial charge in [0, 0.05) is 31.5 Å². The molecular formula is C22H26F2N2O7. The van der Waals surface area contributed by atoms with Crippen molar-refractivity contribution in [2.75, 3.05) is 20.8 Å². The van der Waals surface area contributed by atoms with Crippen molar-refractivity contribution in [3.05, 3.63) is 63.1 Å². The molecule has 2 aromatic rings. The number of amides is 1. The molecule has 1 atom stereocenters. The predicted octanol–water partition coefficient (Wildman–Crippen LogP) is 1.99. The number of rotatable bonds is 11. The van der Waals surface area contributed by atoms with Gasteiger partial charge in [0.1, 0.15) is 17.2 Å². The highest BCUT2D eigenvalue weighted by molar-refractivity contribution is 5.96. The van der Waals surface area contributed by atoms with Crippen molar-refractivity contribution in [3.63, 3.8) is 0 Å². The van der Waals surface area contributed by atoms with Gasteiger partial charge in [0.15, 0.2) is 17.7 Å². The lowest BCUT2D eigenvalue weighted by atomic mass is 10.1. The monoisotopic (exact) mass is 468 g/mol. The average molecular weight is 468 g/mol. The summed E-state index contributed by atoms with van der Waals surface area (Å²) in [4.78, 5) is 38.2. The second-order valence-corrected chi connectivity index (χ2v) is 7.00. The number of ether oxygens (including phenoxy) is 3. The van der Waals surface area contributed by atoms with Crippen LogP contribution in [0.25, 0.3) is 0 Å². The molecule has 1 amide bonds.